The van der Waals surface area contributed by atoms with Crippen LogP contribution in [0.1, 0.15) is 17.7 Å². The Hall–Kier alpha value is -2.32. The summed E-state index contributed by atoms with van der Waals surface area (Å²) >= 11 is 1.58. The van der Waals surface area contributed by atoms with Gasteiger partial charge in [-0.05, 0) is 35.4 Å². The molecule has 0 aliphatic rings. The van der Waals surface area contributed by atoms with Crippen molar-refractivity contribution < 1.29 is 0 Å². The van der Waals surface area contributed by atoms with Crippen LogP contribution >= 0.6 is 11.3 Å². The molecule has 22 heavy (non-hydrogen) atoms. The molecule has 2 aromatic heterocycles. The predicted octanol–water partition coefficient (Wildman–Crippen LogP) is 0.697. The maximum Gasteiger partial charge on any atom is 0.327 e. The Morgan fingerprint density at radius 2 is 2.41 bits per heavy atom. The lowest BCUT2D eigenvalue weighted by Gasteiger charge is -2.03. The molecule has 0 unspecified atom stereocenters. The van der Waals surface area contributed by atoms with E-state index in [-0.39, 0.29) is 5.69 Å². The molecule has 0 saturated carbocycles. The number of aromatic amines is 1. The molecular formula is C14H20N6OS. The summed E-state index contributed by atoms with van der Waals surface area (Å²) in [6, 6.07) is 1.96. The van der Waals surface area contributed by atoms with Crippen molar-refractivity contribution in [2.45, 2.75) is 13.0 Å². The maximum absolute atomic E-state index is 12.0. The zero-order chi connectivity index (χ0) is 15.9. The number of hydrogen-bond acceptors (Lipinski definition) is 6. The van der Waals surface area contributed by atoms with Gasteiger partial charge in [-0.25, -0.2) is 9.79 Å². The second-order valence-corrected chi connectivity index (χ2v) is 5.50. The number of rotatable bonds is 8. The van der Waals surface area contributed by atoms with Crippen LogP contribution < -0.4 is 22.5 Å². The van der Waals surface area contributed by atoms with Crippen LogP contribution in [0.15, 0.2) is 39.0 Å². The smallest absolute Gasteiger partial charge is 0.327 e. The third kappa shape index (κ3) is 4.09. The van der Waals surface area contributed by atoms with Crippen LogP contribution in [-0.2, 0) is 6.54 Å². The summed E-state index contributed by atoms with van der Waals surface area (Å²) in [5.41, 5.74) is 12.7. The van der Waals surface area contributed by atoms with Gasteiger partial charge in [0.25, 0.3) is 0 Å². The minimum absolute atomic E-state index is 0.258. The molecule has 0 amide bonds. The zero-order valence-corrected chi connectivity index (χ0v) is 13.0. The monoisotopic (exact) mass is 320 g/mol. The Labute approximate surface area is 132 Å². The van der Waals surface area contributed by atoms with Gasteiger partial charge >= 0.3 is 5.69 Å². The van der Waals surface area contributed by atoms with Gasteiger partial charge in [-0.2, -0.15) is 11.3 Å². The summed E-state index contributed by atoms with van der Waals surface area (Å²) in [4.78, 5) is 18.8. The van der Waals surface area contributed by atoms with Crippen LogP contribution in [0.4, 0.5) is 5.82 Å². The molecule has 0 aliphatic heterocycles. The molecule has 0 atom stereocenters. The van der Waals surface area contributed by atoms with E-state index >= 15 is 0 Å². The topological polar surface area (TPSA) is 114 Å². The minimum atomic E-state index is -0.258. The standard InChI is InChI=1S/C14H20N6OS/c1-10(17-5-2-4-15)18-7-12-13(16)20(14(21)19-12)8-11-3-6-22-9-11/h3,6-7,9,17H,1-2,4-5,8,15-16H2,(H,19,21). The maximum atomic E-state index is 12.0. The van der Waals surface area contributed by atoms with Crippen molar-refractivity contribution in [1.82, 2.24) is 14.9 Å². The Kier molecular flexibility index (Phi) is 5.56. The fourth-order valence-corrected chi connectivity index (χ4v) is 2.50. The number of anilines is 1. The SMILES string of the molecule is C=C(N=Cc1[nH]c(=O)n(Cc2ccsc2)c1N)NCCCN. The molecule has 2 heterocycles. The predicted molar refractivity (Wildman–Crippen MR) is 91.3 cm³/mol. The van der Waals surface area contributed by atoms with Crippen molar-refractivity contribution in [2.75, 3.05) is 18.8 Å². The van der Waals surface area contributed by atoms with Gasteiger partial charge < -0.3 is 21.8 Å². The van der Waals surface area contributed by atoms with E-state index in [9.17, 15) is 4.79 Å². The van der Waals surface area contributed by atoms with E-state index in [1.165, 1.54) is 10.8 Å². The van der Waals surface area contributed by atoms with Gasteiger partial charge in [-0.1, -0.05) is 6.58 Å². The minimum Gasteiger partial charge on any atom is -0.383 e. The van der Waals surface area contributed by atoms with E-state index < -0.39 is 0 Å². The van der Waals surface area contributed by atoms with E-state index in [4.69, 9.17) is 11.5 Å². The molecule has 118 valence electrons. The van der Waals surface area contributed by atoms with Crippen molar-refractivity contribution >= 4 is 23.4 Å². The first-order valence-corrected chi connectivity index (χ1v) is 7.82. The molecule has 0 aromatic carbocycles. The Morgan fingerprint density at radius 1 is 1.59 bits per heavy atom. The second-order valence-electron chi connectivity index (χ2n) is 4.72. The summed E-state index contributed by atoms with van der Waals surface area (Å²) < 4.78 is 1.48. The number of nitrogen functional groups attached to an aromatic ring is 1. The van der Waals surface area contributed by atoms with Gasteiger partial charge in [0, 0.05) is 6.54 Å². The summed E-state index contributed by atoms with van der Waals surface area (Å²) in [5.74, 6) is 0.856. The van der Waals surface area contributed by atoms with Crippen molar-refractivity contribution in [3.8, 4) is 0 Å². The van der Waals surface area contributed by atoms with Gasteiger partial charge in [-0.3, -0.25) is 4.57 Å². The van der Waals surface area contributed by atoms with Crippen LogP contribution in [-0.4, -0.2) is 28.9 Å². The van der Waals surface area contributed by atoms with E-state index in [1.807, 2.05) is 16.8 Å². The average molecular weight is 320 g/mol. The Morgan fingerprint density at radius 3 is 3.09 bits per heavy atom. The summed E-state index contributed by atoms with van der Waals surface area (Å²) in [5, 5.41) is 6.96. The molecule has 0 saturated heterocycles. The molecule has 0 spiro atoms. The lowest BCUT2D eigenvalue weighted by Crippen LogP contribution is -2.18. The number of nitrogens with two attached hydrogens (primary N) is 2. The molecule has 2 rings (SSSR count). The molecular weight excluding hydrogens is 300 g/mol. The first-order valence-electron chi connectivity index (χ1n) is 6.88. The Balaban J connectivity index is 2.06. The summed E-state index contributed by atoms with van der Waals surface area (Å²) in [6.07, 6.45) is 2.34. The van der Waals surface area contributed by atoms with Crippen LogP contribution in [0.25, 0.3) is 0 Å². The summed E-state index contributed by atoms with van der Waals surface area (Å²) in [7, 11) is 0. The van der Waals surface area contributed by atoms with E-state index in [1.54, 1.807) is 11.3 Å². The van der Waals surface area contributed by atoms with E-state index in [0.717, 1.165) is 12.0 Å². The zero-order valence-electron chi connectivity index (χ0n) is 12.2. The van der Waals surface area contributed by atoms with Crippen LogP contribution in [0.5, 0.6) is 0 Å². The van der Waals surface area contributed by atoms with Gasteiger partial charge in [0.2, 0.25) is 0 Å². The molecule has 2 aromatic rings. The van der Waals surface area contributed by atoms with Crippen molar-refractivity contribution in [3.63, 3.8) is 0 Å². The van der Waals surface area contributed by atoms with Crippen LogP contribution in [0.3, 0.4) is 0 Å². The van der Waals surface area contributed by atoms with Gasteiger partial charge in [0.15, 0.2) is 0 Å². The van der Waals surface area contributed by atoms with Crippen LogP contribution in [0.2, 0.25) is 0 Å². The molecule has 6 N–H and O–H groups in total. The molecule has 0 aliphatic carbocycles. The number of hydrogen-bond donors (Lipinski definition) is 4. The van der Waals surface area contributed by atoms with Crippen molar-refractivity contribution in [2.24, 2.45) is 10.7 Å². The third-order valence-corrected chi connectivity index (χ3v) is 3.77. The van der Waals surface area contributed by atoms with Gasteiger partial charge in [-0.15, -0.1) is 0 Å². The summed E-state index contributed by atoms with van der Waals surface area (Å²) in [6.45, 7) is 5.52. The number of H-pyrrole nitrogens is 1. The van der Waals surface area contributed by atoms with Crippen LogP contribution in [0, 0.1) is 0 Å². The van der Waals surface area contributed by atoms with Crippen molar-refractivity contribution in [3.05, 3.63) is 51.0 Å². The number of thiophene rings is 1. The van der Waals surface area contributed by atoms with Gasteiger partial charge in [0.1, 0.15) is 17.3 Å². The first kappa shape index (κ1) is 16.1. The molecule has 0 radical (unpaired) electrons. The molecule has 0 bridgehead atoms. The normalized spacial score (nSPS) is 11.1. The third-order valence-electron chi connectivity index (χ3n) is 3.03. The van der Waals surface area contributed by atoms with E-state index in [2.05, 4.69) is 21.9 Å². The fourth-order valence-electron chi connectivity index (χ4n) is 1.84. The number of nitrogens with zero attached hydrogens (tertiary/aromatic N) is 2. The second kappa shape index (κ2) is 7.62. The Bertz CT molecular complexity index is 697. The number of imidazole rings is 1. The first-order chi connectivity index (χ1) is 10.6. The molecule has 8 heteroatoms. The quantitative estimate of drug-likeness (QED) is 0.423. The number of aliphatic imine (C=N–C) groups is 1. The highest BCUT2D eigenvalue weighted by molar-refractivity contribution is 7.07. The molecule has 0 fully saturated rings. The highest BCUT2D eigenvalue weighted by atomic mass is 32.1. The lowest BCUT2D eigenvalue weighted by molar-refractivity contribution is 0.729. The van der Waals surface area contributed by atoms with Crippen molar-refractivity contribution in [1.29, 1.82) is 0 Å². The largest absolute Gasteiger partial charge is 0.383 e. The molecule has 7 nitrogen and oxygen atoms in total. The number of nitrogens with one attached hydrogen (secondary N) is 2. The lowest BCUT2D eigenvalue weighted by atomic mass is 10.3. The van der Waals surface area contributed by atoms with Gasteiger partial charge in [0.05, 0.1) is 12.8 Å². The fraction of sp³-hybridized carbons (Fsp3) is 0.286. The van der Waals surface area contributed by atoms with E-state index in [0.29, 0.717) is 37.0 Å². The average Bonchev–Trinajstić information content (AvgIpc) is 3.09. The highest BCUT2D eigenvalue weighted by Crippen LogP contribution is 2.11. The highest BCUT2D eigenvalue weighted by Gasteiger charge is 2.10. The number of aromatic nitrogens is 2.